The second-order valence-electron chi connectivity index (χ2n) is 13.0. The lowest BCUT2D eigenvalue weighted by molar-refractivity contribution is -0.00807. The number of methoxy groups -OCH3 is 1. The standard InChI is InChI=1S/C32H40FN5O4/c1-32(2,3)42-31(39)38-14-20(15-38)19-41-30-7-6-21(13-34-30)26-11-28(24-10-25(33)29(40-5)12-27(24)35-26)37-17-22-8-9-36(4)16-23(22)18-37/h6-7,10-13,20,22-23H,8-9,14-19H2,1-5H3/t22-,23+/m0/s1. The first kappa shape index (κ1) is 28.5. The molecule has 0 N–H and O–H groups in total. The number of likely N-dealkylation sites (tertiary alicyclic amines) is 2. The van der Waals surface area contributed by atoms with Crippen LogP contribution in [0.25, 0.3) is 22.2 Å². The van der Waals surface area contributed by atoms with Crippen LogP contribution in [0.15, 0.2) is 36.5 Å². The highest BCUT2D eigenvalue weighted by molar-refractivity contribution is 5.95. The van der Waals surface area contributed by atoms with E-state index in [0.717, 1.165) is 48.5 Å². The minimum atomic E-state index is -0.503. The maximum atomic E-state index is 14.9. The van der Waals surface area contributed by atoms with Gasteiger partial charge in [0.05, 0.1) is 24.9 Å². The zero-order valence-electron chi connectivity index (χ0n) is 25.1. The predicted octanol–water partition coefficient (Wildman–Crippen LogP) is 5.08. The predicted molar refractivity (Wildman–Crippen MR) is 160 cm³/mol. The average Bonchev–Trinajstić information content (AvgIpc) is 3.33. The Labute approximate surface area is 246 Å². The number of benzene rings is 1. The van der Waals surface area contributed by atoms with Gasteiger partial charge in [-0.1, -0.05) is 0 Å². The topological polar surface area (TPSA) is 80.3 Å². The highest BCUT2D eigenvalue weighted by atomic mass is 19.1. The molecule has 2 atom stereocenters. The van der Waals surface area contributed by atoms with Gasteiger partial charge in [-0.05, 0) is 70.8 Å². The lowest BCUT2D eigenvalue weighted by atomic mass is 9.89. The van der Waals surface area contributed by atoms with Gasteiger partial charge < -0.3 is 28.9 Å². The van der Waals surface area contributed by atoms with E-state index in [4.69, 9.17) is 19.2 Å². The summed E-state index contributed by atoms with van der Waals surface area (Å²) >= 11 is 0. The summed E-state index contributed by atoms with van der Waals surface area (Å²) in [6.07, 6.45) is 2.66. The number of hydrogen-bond donors (Lipinski definition) is 0. The summed E-state index contributed by atoms with van der Waals surface area (Å²) in [5.41, 5.74) is 2.80. The van der Waals surface area contributed by atoms with E-state index in [1.54, 1.807) is 23.2 Å². The van der Waals surface area contributed by atoms with E-state index in [0.29, 0.717) is 42.9 Å². The first-order valence-corrected chi connectivity index (χ1v) is 14.7. The molecule has 1 aromatic carbocycles. The molecule has 9 nitrogen and oxygen atoms in total. The summed E-state index contributed by atoms with van der Waals surface area (Å²) in [5, 5.41) is 0.790. The third kappa shape index (κ3) is 5.95. The largest absolute Gasteiger partial charge is 0.494 e. The van der Waals surface area contributed by atoms with Crippen molar-refractivity contribution in [3.05, 3.63) is 42.3 Å². The van der Waals surface area contributed by atoms with E-state index in [-0.39, 0.29) is 23.6 Å². The Kier molecular flexibility index (Phi) is 7.59. The van der Waals surface area contributed by atoms with Crippen LogP contribution in [-0.4, -0.2) is 91.5 Å². The van der Waals surface area contributed by atoms with Crippen molar-refractivity contribution in [3.63, 3.8) is 0 Å². The smallest absolute Gasteiger partial charge is 0.410 e. The van der Waals surface area contributed by atoms with Gasteiger partial charge in [0.15, 0.2) is 11.6 Å². The van der Waals surface area contributed by atoms with E-state index >= 15 is 0 Å². The zero-order chi connectivity index (χ0) is 29.6. The number of carbonyl (C=O) groups is 1. The van der Waals surface area contributed by atoms with Crippen molar-refractivity contribution >= 4 is 22.7 Å². The summed E-state index contributed by atoms with van der Waals surface area (Å²) in [5.74, 6) is 1.79. The number of fused-ring (bicyclic) bond motifs is 2. The van der Waals surface area contributed by atoms with Gasteiger partial charge in [-0.25, -0.2) is 19.2 Å². The van der Waals surface area contributed by atoms with Crippen molar-refractivity contribution in [2.45, 2.75) is 32.8 Å². The minimum Gasteiger partial charge on any atom is -0.494 e. The first-order valence-electron chi connectivity index (χ1n) is 14.7. The Bertz CT molecular complexity index is 1450. The molecule has 224 valence electrons. The quantitative estimate of drug-likeness (QED) is 0.402. The van der Waals surface area contributed by atoms with E-state index in [2.05, 4.69) is 27.9 Å². The summed E-state index contributed by atoms with van der Waals surface area (Å²) in [6.45, 7) is 11.4. The van der Waals surface area contributed by atoms with Crippen molar-refractivity contribution in [3.8, 4) is 22.9 Å². The molecule has 0 unspecified atom stereocenters. The van der Waals surface area contributed by atoms with E-state index < -0.39 is 5.60 Å². The molecule has 3 aliphatic rings. The average molecular weight is 578 g/mol. The number of nitrogens with zero attached hydrogens (tertiary/aromatic N) is 5. The van der Waals surface area contributed by atoms with Crippen LogP contribution in [0.5, 0.6) is 11.6 Å². The normalized spacial score (nSPS) is 21.3. The summed E-state index contributed by atoms with van der Waals surface area (Å²) in [7, 11) is 3.66. The number of amides is 1. The second-order valence-corrected chi connectivity index (χ2v) is 13.0. The minimum absolute atomic E-state index is 0.179. The van der Waals surface area contributed by atoms with Crippen molar-refractivity contribution < 1.29 is 23.4 Å². The lowest BCUT2D eigenvalue weighted by Crippen LogP contribution is -2.53. The third-order valence-corrected chi connectivity index (χ3v) is 8.51. The number of aromatic nitrogens is 2. The fourth-order valence-electron chi connectivity index (χ4n) is 6.29. The Morgan fingerprint density at radius 3 is 2.57 bits per heavy atom. The highest BCUT2D eigenvalue weighted by Crippen LogP contribution is 2.39. The Hall–Kier alpha value is -3.66. The molecule has 3 saturated heterocycles. The van der Waals surface area contributed by atoms with Gasteiger partial charge in [-0.2, -0.15) is 0 Å². The molecule has 0 aliphatic carbocycles. The molecule has 1 amide bonds. The van der Waals surface area contributed by atoms with Crippen LogP contribution < -0.4 is 14.4 Å². The van der Waals surface area contributed by atoms with Crippen molar-refractivity contribution in [2.24, 2.45) is 17.8 Å². The van der Waals surface area contributed by atoms with Gasteiger partial charge in [0.1, 0.15) is 5.60 Å². The molecule has 0 saturated carbocycles. The number of rotatable bonds is 6. The number of hydrogen-bond acceptors (Lipinski definition) is 8. The van der Waals surface area contributed by atoms with Gasteiger partial charge in [-0.15, -0.1) is 0 Å². The van der Waals surface area contributed by atoms with Gasteiger partial charge >= 0.3 is 6.09 Å². The van der Waals surface area contributed by atoms with E-state index in [1.165, 1.54) is 13.5 Å². The van der Waals surface area contributed by atoms with Crippen molar-refractivity contribution in [2.75, 3.05) is 64.9 Å². The first-order chi connectivity index (χ1) is 20.1. The van der Waals surface area contributed by atoms with Crippen LogP contribution >= 0.6 is 0 Å². The molecular weight excluding hydrogens is 537 g/mol. The van der Waals surface area contributed by atoms with Crippen LogP contribution in [0.2, 0.25) is 0 Å². The number of piperidine rings is 1. The van der Waals surface area contributed by atoms with Crippen LogP contribution in [0.4, 0.5) is 14.9 Å². The summed E-state index contributed by atoms with van der Waals surface area (Å²) in [4.78, 5) is 28.1. The molecule has 2 aromatic heterocycles. The molecule has 5 heterocycles. The molecule has 0 spiro atoms. The van der Waals surface area contributed by atoms with Crippen LogP contribution in [0, 0.1) is 23.6 Å². The maximum absolute atomic E-state index is 14.9. The molecule has 0 radical (unpaired) electrons. The Morgan fingerprint density at radius 2 is 1.86 bits per heavy atom. The van der Waals surface area contributed by atoms with E-state index in [1.807, 2.05) is 32.9 Å². The molecule has 0 bridgehead atoms. The Balaban J connectivity index is 1.18. The van der Waals surface area contributed by atoms with Crippen LogP contribution in [-0.2, 0) is 4.74 Å². The molecular formula is C32H40FN5O4. The lowest BCUT2D eigenvalue weighted by Gasteiger charge is -2.39. The number of carbonyl (C=O) groups excluding carboxylic acids is 1. The summed E-state index contributed by atoms with van der Waals surface area (Å²) in [6, 6.07) is 9.09. The number of halogens is 1. The monoisotopic (exact) mass is 577 g/mol. The molecule has 3 fully saturated rings. The van der Waals surface area contributed by atoms with Crippen LogP contribution in [0.1, 0.15) is 27.2 Å². The summed E-state index contributed by atoms with van der Waals surface area (Å²) < 4.78 is 31.5. The highest BCUT2D eigenvalue weighted by Gasteiger charge is 2.37. The van der Waals surface area contributed by atoms with Gasteiger partial charge in [0.25, 0.3) is 0 Å². The maximum Gasteiger partial charge on any atom is 0.410 e. The van der Waals surface area contributed by atoms with E-state index in [9.17, 15) is 9.18 Å². The second kappa shape index (κ2) is 11.2. The van der Waals surface area contributed by atoms with Gasteiger partial charge in [-0.3, -0.25) is 0 Å². The zero-order valence-corrected chi connectivity index (χ0v) is 25.1. The number of anilines is 1. The fraction of sp³-hybridized carbons (Fsp3) is 0.531. The van der Waals surface area contributed by atoms with Crippen molar-refractivity contribution in [1.82, 2.24) is 19.8 Å². The number of ether oxygens (including phenoxy) is 3. The fourth-order valence-corrected chi connectivity index (χ4v) is 6.29. The van der Waals surface area contributed by atoms with Crippen LogP contribution in [0.3, 0.4) is 0 Å². The Morgan fingerprint density at radius 1 is 1.07 bits per heavy atom. The molecule has 10 heteroatoms. The SMILES string of the molecule is COc1cc2nc(-c3ccc(OCC4CN(C(=O)OC(C)(C)C)C4)nc3)cc(N3C[C@H]4CN(C)CC[C@H]4C3)c2cc1F. The van der Waals surface area contributed by atoms with Gasteiger partial charge in [0.2, 0.25) is 5.88 Å². The van der Waals surface area contributed by atoms with Crippen molar-refractivity contribution in [1.29, 1.82) is 0 Å². The molecule has 3 aromatic rings. The molecule has 3 aliphatic heterocycles. The van der Waals surface area contributed by atoms with Gasteiger partial charge in [0, 0.05) is 73.6 Å². The molecule has 6 rings (SSSR count). The number of pyridine rings is 2. The third-order valence-electron chi connectivity index (χ3n) is 8.51. The molecule has 42 heavy (non-hydrogen) atoms.